The Morgan fingerprint density at radius 2 is 2.19 bits per heavy atom. The highest BCUT2D eigenvalue weighted by atomic mass is 32.1. The summed E-state index contributed by atoms with van der Waals surface area (Å²) in [5, 5.41) is 10.2. The SMILES string of the molecule is CC1COCCN1c1nc(-c2ccccc2)c(C(=O)O)s1. The topological polar surface area (TPSA) is 62.7 Å². The van der Waals surface area contributed by atoms with Crippen molar-refractivity contribution in [2.24, 2.45) is 0 Å². The maximum Gasteiger partial charge on any atom is 0.348 e. The van der Waals surface area contributed by atoms with E-state index in [1.54, 1.807) is 0 Å². The summed E-state index contributed by atoms with van der Waals surface area (Å²) >= 11 is 1.23. The number of thiazole rings is 1. The molecule has 1 fully saturated rings. The van der Waals surface area contributed by atoms with E-state index in [2.05, 4.69) is 16.8 Å². The molecular weight excluding hydrogens is 288 g/mol. The molecule has 5 nitrogen and oxygen atoms in total. The predicted octanol–water partition coefficient (Wildman–Crippen LogP) is 2.73. The number of carbonyl (C=O) groups is 1. The molecule has 1 unspecified atom stereocenters. The lowest BCUT2D eigenvalue weighted by Crippen LogP contribution is -2.43. The van der Waals surface area contributed by atoms with E-state index in [1.165, 1.54) is 11.3 Å². The molecule has 1 N–H and O–H groups in total. The fourth-order valence-electron chi connectivity index (χ4n) is 2.38. The molecule has 0 aliphatic carbocycles. The molecule has 6 heteroatoms. The summed E-state index contributed by atoms with van der Waals surface area (Å²) in [6, 6.07) is 9.65. The Bertz CT molecular complexity index is 642. The summed E-state index contributed by atoms with van der Waals surface area (Å²) in [4.78, 5) is 18.5. The maximum atomic E-state index is 11.5. The molecule has 1 aromatic heterocycles. The van der Waals surface area contributed by atoms with Gasteiger partial charge in [-0.15, -0.1) is 0 Å². The number of carboxylic acids is 1. The predicted molar refractivity (Wildman–Crippen MR) is 82.1 cm³/mol. The molecule has 1 atom stereocenters. The number of hydrogen-bond acceptors (Lipinski definition) is 5. The molecule has 21 heavy (non-hydrogen) atoms. The molecule has 0 spiro atoms. The van der Waals surface area contributed by atoms with Crippen LogP contribution in [0.25, 0.3) is 11.3 Å². The zero-order valence-corrected chi connectivity index (χ0v) is 12.5. The van der Waals surface area contributed by atoms with Crippen LogP contribution in [0.2, 0.25) is 0 Å². The molecule has 1 saturated heterocycles. The lowest BCUT2D eigenvalue weighted by molar-refractivity contribution is 0.0702. The van der Waals surface area contributed by atoms with E-state index in [-0.39, 0.29) is 10.9 Å². The van der Waals surface area contributed by atoms with Gasteiger partial charge in [0.2, 0.25) is 0 Å². The first kappa shape index (κ1) is 14.0. The fraction of sp³-hybridized carbons (Fsp3) is 0.333. The van der Waals surface area contributed by atoms with Crippen LogP contribution >= 0.6 is 11.3 Å². The lowest BCUT2D eigenvalue weighted by atomic mass is 10.1. The minimum absolute atomic E-state index is 0.204. The van der Waals surface area contributed by atoms with Crippen molar-refractivity contribution in [3.63, 3.8) is 0 Å². The van der Waals surface area contributed by atoms with Crippen LogP contribution in [0.3, 0.4) is 0 Å². The van der Waals surface area contributed by atoms with E-state index in [9.17, 15) is 9.90 Å². The molecule has 0 saturated carbocycles. The number of aromatic nitrogens is 1. The molecular formula is C15H16N2O3S. The van der Waals surface area contributed by atoms with Gasteiger partial charge in [0.1, 0.15) is 4.88 Å². The number of nitrogens with zero attached hydrogens (tertiary/aromatic N) is 2. The standard InChI is InChI=1S/C15H16N2O3S/c1-10-9-20-8-7-17(10)15-16-12(13(21-15)14(18)19)11-5-3-2-4-6-11/h2-6,10H,7-9H2,1H3,(H,18,19). The largest absolute Gasteiger partial charge is 0.477 e. The first-order valence-corrected chi connectivity index (χ1v) is 7.62. The smallest absolute Gasteiger partial charge is 0.348 e. The molecule has 2 aromatic rings. The van der Waals surface area contributed by atoms with Crippen molar-refractivity contribution in [3.8, 4) is 11.3 Å². The summed E-state index contributed by atoms with van der Waals surface area (Å²) < 4.78 is 5.42. The Morgan fingerprint density at radius 3 is 2.86 bits per heavy atom. The lowest BCUT2D eigenvalue weighted by Gasteiger charge is -2.32. The van der Waals surface area contributed by atoms with Crippen molar-refractivity contribution in [2.75, 3.05) is 24.7 Å². The van der Waals surface area contributed by atoms with Gasteiger partial charge in [0.15, 0.2) is 5.13 Å². The van der Waals surface area contributed by atoms with Crippen LogP contribution in [-0.2, 0) is 4.74 Å². The summed E-state index contributed by atoms with van der Waals surface area (Å²) in [6.07, 6.45) is 0. The summed E-state index contributed by atoms with van der Waals surface area (Å²) in [5.41, 5.74) is 1.38. The van der Waals surface area contributed by atoms with Crippen LogP contribution < -0.4 is 4.90 Å². The van der Waals surface area contributed by atoms with Crippen molar-refractivity contribution in [3.05, 3.63) is 35.2 Å². The monoisotopic (exact) mass is 304 g/mol. The van der Waals surface area contributed by atoms with Crippen LogP contribution in [0, 0.1) is 0 Å². The maximum absolute atomic E-state index is 11.5. The highest BCUT2D eigenvalue weighted by molar-refractivity contribution is 7.17. The normalized spacial score (nSPS) is 18.7. The molecule has 0 radical (unpaired) electrons. The van der Waals surface area contributed by atoms with Gasteiger partial charge in [-0.05, 0) is 6.92 Å². The van der Waals surface area contributed by atoms with Gasteiger partial charge in [0.25, 0.3) is 0 Å². The van der Waals surface area contributed by atoms with E-state index in [1.807, 2.05) is 30.3 Å². The second-order valence-corrected chi connectivity index (χ2v) is 5.94. The van der Waals surface area contributed by atoms with Crippen LogP contribution in [0.15, 0.2) is 30.3 Å². The van der Waals surface area contributed by atoms with Crippen LogP contribution in [-0.4, -0.2) is 41.9 Å². The van der Waals surface area contributed by atoms with Gasteiger partial charge in [-0.25, -0.2) is 9.78 Å². The number of carboxylic acid groups (broad SMARTS) is 1. The van der Waals surface area contributed by atoms with Gasteiger partial charge in [0.05, 0.1) is 24.9 Å². The summed E-state index contributed by atoms with van der Waals surface area (Å²) in [6.45, 7) is 4.08. The van der Waals surface area contributed by atoms with Crippen molar-refractivity contribution < 1.29 is 14.6 Å². The van der Waals surface area contributed by atoms with Crippen LogP contribution in [0.4, 0.5) is 5.13 Å². The third kappa shape index (κ3) is 2.77. The molecule has 3 rings (SSSR count). The van der Waals surface area contributed by atoms with Gasteiger partial charge in [-0.2, -0.15) is 0 Å². The van der Waals surface area contributed by atoms with E-state index in [4.69, 9.17) is 4.74 Å². The number of anilines is 1. The van der Waals surface area contributed by atoms with Gasteiger partial charge in [-0.3, -0.25) is 0 Å². The van der Waals surface area contributed by atoms with Gasteiger partial charge >= 0.3 is 5.97 Å². The highest BCUT2D eigenvalue weighted by Gasteiger charge is 2.26. The van der Waals surface area contributed by atoms with Gasteiger partial charge < -0.3 is 14.7 Å². The Morgan fingerprint density at radius 1 is 1.43 bits per heavy atom. The number of aromatic carboxylic acids is 1. The van der Waals surface area contributed by atoms with E-state index in [0.717, 1.165) is 17.2 Å². The Balaban J connectivity index is 2.02. The summed E-state index contributed by atoms with van der Waals surface area (Å²) in [7, 11) is 0. The Labute approximate surface area is 126 Å². The average molecular weight is 304 g/mol. The number of morpholine rings is 1. The molecule has 0 amide bonds. The van der Waals surface area contributed by atoms with Crippen molar-refractivity contribution in [1.29, 1.82) is 0 Å². The Hall–Kier alpha value is -1.92. The molecule has 1 aliphatic rings. The third-order valence-corrected chi connectivity index (χ3v) is 4.55. The average Bonchev–Trinajstić information content (AvgIpc) is 2.94. The highest BCUT2D eigenvalue weighted by Crippen LogP contribution is 2.34. The van der Waals surface area contributed by atoms with Crippen molar-refractivity contribution in [2.45, 2.75) is 13.0 Å². The fourth-order valence-corrected chi connectivity index (χ4v) is 3.44. The van der Waals surface area contributed by atoms with E-state index in [0.29, 0.717) is 18.9 Å². The summed E-state index contributed by atoms with van der Waals surface area (Å²) in [5.74, 6) is -0.932. The third-order valence-electron chi connectivity index (χ3n) is 3.47. The van der Waals surface area contributed by atoms with Crippen molar-refractivity contribution in [1.82, 2.24) is 4.98 Å². The molecule has 1 aliphatic heterocycles. The minimum atomic E-state index is -0.932. The number of hydrogen-bond donors (Lipinski definition) is 1. The molecule has 0 bridgehead atoms. The van der Waals surface area contributed by atoms with Crippen molar-refractivity contribution >= 4 is 22.4 Å². The molecule has 2 heterocycles. The number of ether oxygens (including phenoxy) is 1. The van der Waals surface area contributed by atoms with Crippen LogP contribution in [0.1, 0.15) is 16.6 Å². The van der Waals surface area contributed by atoms with E-state index >= 15 is 0 Å². The quantitative estimate of drug-likeness (QED) is 0.944. The first-order chi connectivity index (χ1) is 10.2. The number of rotatable bonds is 3. The zero-order chi connectivity index (χ0) is 14.8. The molecule has 1 aromatic carbocycles. The van der Waals surface area contributed by atoms with Gasteiger partial charge in [0, 0.05) is 12.1 Å². The Kier molecular flexibility index (Phi) is 3.90. The molecule has 110 valence electrons. The first-order valence-electron chi connectivity index (χ1n) is 6.80. The van der Waals surface area contributed by atoms with Gasteiger partial charge in [-0.1, -0.05) is 41.7 Å². The zero-order valence-electron chi connectivity index (χ0n) is 11.7. The van der Waals surface area contributed by atoms with Crippen LogP contribution in [0.5, 0.6) is 0 Å². The second-order valence-electron chi connectivity index (χ2n) is 4.96. The number of benzene rings is 1. The van der Waals surface area contributed by atoms with E-state index < -0.39 is 5.97 Å². The minimum Gasteiger partial charge on any atom is -0.477 e. The second kappa shape index (κ2) is 5.83.